The molecule has 0 aliphatic heterocycles. The number of ether oxygens (including phenoxy) is 1. The van der Waals surface area contributed by atoms with Gasteiger partial charge in [0.1, 0.15) is 12.1 Å². The van der Waals surface area contributed by atoms with Gasteiger partial charge in [0.25, 0.3) is 0 Å². The number of rotatable bonds is 3. The van der Waals surface area contributed by atoms with Crippen LogP contribution in [0.5, 0.6) is 11.8 Å². The Hall–Kier alpha value is -2.44. The maximum absolute atomic E-state index is 13.1. The first-order chi connectivity index (χ1) is 8.06. The zero-order chi connectivity index (χ0) is 12.4. The standard InChI is InChI=1S/C10H5F2NO4/c11-5-1-2-6(12)8(3-5)17-10-13-7(4-16-10)9(14)15/h1-4H,(H,14,15). The van der Waals surface area contributed by atoms with Gasteiger partial charge in [0.2, 0.25) is 0 Å². The fourth-order valence-corrected chi connectivity index (χ4v) is 1.05. The zero-order valence-corrected chi connectivity index (χ0v) is 8.18. The maximum atomic E-state index is 13.1. The number of carboxylic acids is 1. The predicted molar refractivity (Wildman–Crippen MR) is 49.9 cm³/mol. The predicted octanol–water partition coefficient (Wildman–Crippen LogP) is 2.44. The normalized spacial score (nSPS) is 10.2. The van der Waals surface area contributed by atoms with E-state index < -0.39 is 35.1 Å². The van der Waals surface area contributed by atoms with Crippen molar-refractivity contribution in [1.82, 2.24) is 4.98 Å². The fourth-order valence-electron chi connectivity index (χ4n) is 1.05. The smallest absolute Gasteiger partial charge is 0.400 e. The van der Waals surface area contributed by atoms with Crippen LogP contribution in [-0.2, 0) is 0 Å². The van der Waals surface area contributed by atoms with Gasteiger partial charge in [-0.25, -0.2) is 13.6 Å². The molecule has 17 heavy (non-hydrogen) atoms. The lowest BCUT2D eigenvalue weighted by Gasteiger charge is -2.01. The van der Waals surface area contributed by atoms with Crippen molar-refractivity contribution in [1.29, 1.82) is 0 Å². The molecule has 7 heteroatoms. The molecule has 0 saturated carbocycles. The van der Waals surface area contributed by atoms with Crippen LogP contribution >= 0.6 is 0 Å². The molecule has 2 aromatic rings. The minimum Gasteiger partial charge on any atom is -0.476 e. The summed E-state index contributed by atoms with van der Waals surface area (Å²) in [7, 11) is 0. The molecule has 0 spiro atoms. The van der Waals surface area contributed by atoms with Crippen molar-refractivity contribution in [2.24, 2.45) is 0 Å². The molecule has 0 unspecified atom stereocenters. The van der Waals surface area contributed by atoms with E-state index >= 15 is 0 Å². The van der Waals surface area contributed by atoms with Gasteiger partial charge < -0.3 is 14.3 Å². The Bertz CT molecular complexity index is 567. The summed E-state index contributed by atoms with van der Waals surface area (Å²) in [4.78, 5) is 13.9. The molecule has 88 valence electrons. The summed E-state index contributed by atoms with van der Waals surface area (Å²) in [5, 5.41) is 8.55. The topological polar surface area (TPSA) is 72.6 Å². The average Bonchev–Trinajstić information content (AvgIpc) is 2.72. The summed E-state index contributed by atoms with van der Waals surface area (Å²) in [5.41, 5.74) is -0.392. The third kappa shape index (κ3) is 2.39. The van der Waals surface area contributed by atoms with Gasteiger partial charge in [-0.1, -0.05) is 0 Å². The first-order valence-corrected chi connectivity index (χ1v) is 4.38. The molecule has 1 heterocycles. The van der Waals surface area contributed by atoms with Gasteiger partial charge in [-0.3, -0.25) is 0 Å². The molecule has 0 atom stereocenters. The van der Waals surface area contributed by atoms with Crippen molar-refractivity contribution in [3.05, 3.63) is 41.8 Å². The van der Waals surface area contributed by atoms with Gasteiger partial charge in [0.05, 0.1) is 0 Å². The van der Waals surface area contributed by atoms with Crippen LogP contribution in [0.1, 0.15) is 10.5 Å². The molecule has 2 rings (SSSR count). The molecule has 1 N–H and O–H groups in total. The minimum atomic E-state index is -1.32. The second-order valence-corrected chi connectivity index (χ2v) is 2.98. The van der Waals surface area contributed by atoms with Crippen LogP contribution in [0.25, 0.3) is 0 Å². The van der Waals surface area contributed by atoms with Crippen molar-refractivity contribution < 1.29 is 27.8 Å². The highest BCUT2D eigenvalue weighted by atomic mass is 19.1. The molecule has 0 aliphatic carbocycles. The molecule has 0 bridgehead atoms. The van der Waals surface area contributed by atoms with Gasteiger partial charge >= 0.3 is 12.0 Å². The SMILES string of the molecule is O=C(O)c1coc(Oc2cc(F)ccc2F)n1. The van der Waals surface area contributed by atoms with Crippen LogP contribution in [0, 0.1) is 11.6 Å². The number of nitrogens with zero attached hydrogens (tertiary/aromatic N) is 1. The van der Waals surface area contributed by atoms with Crippen molar-refractivity contribution >= 4 is 5.97 Å². The Balaban J connectivity index is 2.25. The summed E-state index contributed by atoms with van der Waals surface area (Å²) in [6, 6.07) is 2.58. The number of benzene rings is 1. The van der Waals surface area contributed by atoms with Crippen LogP contribution < -0.4 is 4.74 Å². The second-order valence-electron chi connectivity index (χ2n) is 2.98. The summed E-state index contributed by atoms with van der Waals surface area (Å²) < 4.78 is 35.3. The number of carboxylic acid groups (broad SMARTS) is 1. The molecule has 5 nitrogen and oxygen atoms in total. The number of oxazole rings is 1. The van der Waals surface area contributed by atoms with Crippen LogP contribution in [-0.4, -0.2) is 16.1 Å². The van der Waals surface area contributed by atoms with Gasteiger partial charge in [-0.05, 0) is 12.1 Å². The molecule has 0 saturated heterocycles. The first-order valence-electron chi connectivity index (χ1n) is 4.38. The van der Waals surface area contributed by atoms with Crippen LogP contribution in [0.3, 0.4) is 0 Å². The Morgan fingerprint density at radius 1 is 1.41 bits per heavy atom. The van der Waals surface area contributed by atoms with E-state index in [1.54, 1.807) is 0 Å². The lowest BCUT2D eigenvalue weighted by Crippen LogP contribution is -1.96. The van der Waals surface area contributed by atoms with Crippen LogP contribution in [0.2, 0.25) is 0 Å². The lowest BCUT2D eigenvalue weighted by molar-refractivity contribution is 0.0690. The monoisotopic (exact) mass is 241 g/mol. The fraction of sp³-hybridized carbons (Fsp3) is 0. The number of halogens is 2. The van der Waals surface area contributed by atoms with E-state index in [2.05, 4.69) is 9.40 Å². The Labute approximate surface area is 93.3 Å². The lowest BCUT2D eigenvalue weighted by atomic mass is 10.3. The third-order valence-electron chi connectivity index (χ3n) is 1.79. The number of carbonyl (C=O) groups is 1. The molecule has 0 aliphatic rings. The summed E-state index contributed by atoms with van der Waals surface area (Å²) in [6.07, 6.45) is 0.349. The van der Waals surface area contributed by atoms with E-state index in [4.69, 9.17) is 9.84 Å². The highest BCUT2D eigenvalue weighted by Gasteiger charge is 2.14. The average molecular weight is 241 g/mol. The molecule has 0 fully saturated rings. The zero-order valence-electron chi connectivity index (χ0n) is 8.18. The van der Waals surface area contributed by atoms with E-state index in [1.165, 1.54) is 0 Å². The van der Waals surface area contributed by atoms with E-state index in [-0.39, 0.29) is 0 Å². The molecule has 0 radical (unpaired) electrons. The Kier molecular flexibility index (Phi) is 2.73. The Morgan fingerprint density at radius 3 is 2.82 bits per heavy atom. The number of hydrogen-bond acceptors (Lipinski definition) is 4. The van der Waals surface area contributed by atoms with E-state index in [1.807, 2.05) is 0 Å². The number of aromatic carboxylic acids is 1. The molecule has 1 aromatic heterocycles. The number of hydrogen-bond donors (Lipinski definition) is 1. The van der Waals surface area contributed by atoms with Gasteiger partial charge in [-0.15, -0.1) is 0 Å². The van der Waals surface area contributed by atoms with E-state index in [0.717, 1.165) is 24.5 Å². The van der Waals surface area contributed by atoms with Gasteiger partial charge in [0, 0.05) is 6.07 Å². The van der Waals surface area contributed by atoms with Crippen molar-refractivity contribution in [2.45, 2.75) is 0 Å². The second kappa shape index (κ2) is 4.20. The Morgan fingerprint density at radius 2 is 2.18 bits per heavy atom. The van der Waals surface area contributed by atoms with Crippen molar-refractivity contribution in [3.63, 3.8) is 0 Å². The largest absolute Gasteiger partial charge is 0.476 e. The van der Waals surface area contributed by atoms with Gasteiger partial charge in [0.15, 0.2) is 17.3 Å². The van der Waals surface area contributed by atoms with Crippen molar-refractivity contribution in [3.8, 4) is 11.8 Å². The molecule has 1 aromatic carbocycles. The van der Waals surface area contributed by atoms with E-state index in [0.29, 0.717) is 0 Å². The van der Waals surface area contributed by atoms with Crippen molar-refractivity contribution in [2.75, 3.05) is 0 Å². The number of aromatic nitrogens is 1. The summed E-state index contributed by atoms with van der Waals surface area (Å²) >= 11 is 0. The van der Waals surface area contributed by atoms with Crippen LogP contribution in [0.4, 0.5) is 8.78 Å². The molecular weight excluding hydrogens is 236 g/mol. The summed E-state index contributed by atoms with van der Waals surface area (Å²) in [5.74, 6) is -3.28. The van der Waals surface area contributed by atoms with E-state index in [9.17, 15) is 13.6 Å². The minimum absolute atomic E-state index is 0.392. The van der Waals surface area contributed by atoms with Gasteiger partial charge in [-0.2, -0.15) is 4.98 Å². The third-order valence-corrected chi connectivity index (χ3v) is 1.79. The highest BCUT2D eigenvalue weighted by Crippen LogP contribution is 2.24. The molecular formula is C10H5F2NO4. The quantitative estimate of drug-likeness (QED) is 0.893. The maximum Gasteiger partial charge on any atom is 0.400 e. The summed E-state index contributed by atoms with van der Waals surface area (Å²) in [6.45, 7) is 0. The highest BCUT2D eigenvalue weighted by molar-refractivity contribution is 5.84. The first kappa shape index (κ1) is 11.1. The molecule has 0 amide bonds. The van der Waals surface area contributed by atoms with Crippen LogP contribution in [0.15, 0.2) is 28.9 Å².